The Morgan fingerprint density at radius 2 is 1.62 bits per heavy atom. The van der Waals surface area contributed by atoms with Crippen LogP contribution in [0.4, 0.5) is 11.4 Å². The van der Waals surface area contributed by atoms with E-state index in [0.29, 0.717) is 16.9 Å². The number of aryl methyl sites for hydroxylation is 2. The van der Waals surface area contributed by atoms with E-state index >= 15 is 0 Å². The molecule has 6 nitrogen and oxygen atoms in total. The molecule has 0 aromatic heterocycles. The molecule has 1 atom stereocenters. The predicted molar refractivity (Wildman–Crippen MR) is 134 cm³/mol. The molecule has 1 heterocycles. The zero-order valence-electron chi connectivity index (χ0n) is 19.5. The average molecular weight is 456 g/mol. The quantitative estimate of drug-likeness (QED) is 0.602. The molecule has 0 spiro atoms. The fourth-order valence-electron chi connectivity index (χ4n) is 4.39. The van der Waals surface area contributed by atoms with Crippen molar-refractivity contribution < 1.29 is 14.4 Å². The molecule has 3 aromatic carbocycles. The summed E-state index contributed by atoms with van der Waals surface area (Å²) in [6.07, 6.45) is 1.76. The predicted octanol–water partition coefficient (Wildman–Crippen LogP) is 4.31. The van der Waals surface area contributed by atoms with Gasteiger partial charge in [-0.3, -0.25) is 14.4 Å². The first-order chi connectivity index (χ1) is 16.4. The van der Waals surface area contributed by atoms with E-state index in [1.54, 1.807) is 18.0 Å². The summed E-state index contributed by atoms with van der Waals surface area (Å²) in [4.78, 5) is 42.0. The number of hydrogen-bond acceptors (Lipinski definition) is 3. The van der Waals surface area contributed by atoms with Gasteiger partial charge < -0.3 is 15.1 Å². The third kappa shape index (κ3) is 5.17. The van der Waals surface area contributed by atoms with E-state index < -0.39 is 0 Å². The van der Waals surface area contributed by atoms with Gasteiger partial charge in [-0.05, 0) is 49.1 Å². The van der Waals surface area contributed by atoms with Gasteiger partial charge in [-0.1, -0.05) is 60.7 Å². The number of amides is 3. The molecule has 1 aliphatic rings. The number of anilines is 2. The Morgan fingerprint density at radius 3 is 2.41 bits per heavy atom. The van der Waals surface area contributed by atoms with Crippen molar-refractivity contribution >= 4 is 29.1 Å². The topological polar surface area (TPSA) is 69.7 Å². The molecule has 4 rings (SSSR count). The van der Waals surface area contributed by atoms with Gasteiger partial charge in [-0.25, -0.2) is 0 Å². The average Bonchev–Trinajstić information content (AvgIpc) is 2.97. The van der Waals surface area contributed by atoms with E-state index in [0.717, 1.165) is 18.4 Å². The van der Waals surface area contributed by atoms with Crippen LogP contribution in [0.3, 0.4) is 0 Å². The van der Waals surface area contributed by atoms with Crippen molar-refractivity contribution in [1.29, 1.82) is 0 Å². The van der Waals surface area contributed by atoms with Crippen molar-refractivity contribution in [1.82, 2.24) is 4.90 Å². The van der Waals surface area contributed by atoms with Crippen molar-refractivity contribution in [2.75, 3.05) is 23.8 Å². The van der Waals surface area contributed by atoms with Crippen LogP contribution in [0.2, 0.25) is 0 Å². The largest absolute Gasteiger partial charge is 0.332 e. The first kappa shape index (κ1) is 23.2. The van der Waals surface area contributed by atoms with Crippen molar-refractivity contribution in [3.8, 4) is 0 Å². The highest BCUT2D eigenvalue weighted by Crippen LogP contribution is 2.31. The molecule has 174 valence electrons. The SMILES string of the molecule is CC1CC(=O)Nc2ccccc2N1C(=O)CN(C)C(=O)c1ccccc1CCc1ccccc1. The van der Waals surface area contributed by atoms with Gasteiger partial charge in [0, 0.05) is 25.1 Å². The zero-order valence-corrected chi connectivity index (χ0v) is 19.5. The number of nitrogens with one attached hydrogen (secondary N) is 1. The minimum absolute atomic E-state index is 0.0846. The van der Waals surface area contributed by atoms with Gasteiger partial charge in [-0.15, -0.1) is 0 Å². The van der Waals surface area contributed by atoms with Crippen molar-refractivity contribution in [3.05, 3.63) is 95.6 Å². The van der Waals surface area contributed by atoms with E-state index in [2.05, 4.69) is 17.4 Å². The maximum absolute atomic E-state index is 13.4. The van der Waals surface area contributed by atoms with E-state index in [1.807, 2.05) is 67.6 Å². The molecular formula is C28H29N3O3. The van der Waals surface area contributed by atoms with Gasteiger partial charge in [-0.2, -0.15) is 0 Å². The Morgan fingerprint density at radius 1 is 0.941 bits per heavy atom. The minimum atomic E-state index is -0.321. The Hall–Kier alpha value is -3.93. The van der Waals surface area contributed by atoms with Crippen LogP contribution < -0.4 is 10.2 Å². The van der Waals surface area contributed by atoms with Crippen molar-refractivity contribution in [2.24, 2.45) is 0 Å². The number of hydrogen-bond donors (Lipinski definition) is 1. The summed E-state index contributed by atoms with van der Waals surface area (Å²) in [5.41, 5.74) is 4.03. The molecule has 0 radical (unpaired) electrons. The lowest BCUT2D eigenvalue weighted by Crippen LogP contribution is -2.45. The molecule has 3 amide bonds. The maximum Gasteiger partial charge on any atom is 0.254 e. The molecule has 0 fully saturated rings. The lowest BCUT2D eigenvalue weighted by molar-refractivity contribution is -0.119. The summed E-state index contributed by atoms with van der Waals surface area (Å²) in [5.74, 6) is -0.553. The third-order valence-corrected chi connectivity index (χ3v) is 6.12. The minimum Gasteiger partial charge on any atom is -0.332 e. The highest BCUT2D eigenvalue weighted by molar-refractivity contribution is 6.06. The fraction of sp³-hybridized carbons (Fsp3) is 0.250. The molecular weight excluding hydrogens is 426 g/mol. The summed E-state index contributed by atoms with van der Waals surface area (Å²) >= 11 is 0. The number of carbonyl (C=O) groups is 3. The van der Waals surface area contributed by atoms with Crippen LogP contribution in [0.25, 0.3) is 0 Å². The number of likely N-dealkylation sites (N-methyl/N-ethyl adjacent to an activating group) is 1. The van der Waals surface area contributed by atoms with Gasteiger partial charge in [0.15, 0.2) is 0 Å². The normalized spacial score (nSPS) is 15.2. The molecule has 1 unspecified atom stereocenters. The number of nitrogens with zero attached hydrogens (tertiary/aromatic N) is 2. The van der Waals surface area contributed by atoms with E-state index in [4.69, 9.17) is 0 Å². The number of rotatable bonds is 6. The van der Waals surface area contributed by atoms with Crippen LogP contribution in [0.1, 0.15) is 34.8 Å². The van der Waals surface area contributed by atoms with Crippen LogP contribution in [0.15, 0.2) is 78.9 Å². The molecule has 1 aliphatic heterocycles. The maximum atomic E-state index is 13.4. The van der Waals surface area contributed by atoms with Gasteiger partial charge in [0.05, 0.1) is 11.4 Å². The number of para-hydroxylation sites is 2. The van der Waals surface area contributed by atoms with Gasteiger partial charge in [0.2, 0.25) is 11.8 Å². The van der Waals surface area contributed by atoms with Crippen LogP contribution in [0.5, 0.6) is 0 Å². The number of fused-ring (bicyclic) bond motifs is 1. The summed E-state index contributed by atoms with van der Waals surface area (Å²) in [5, 5.41) is 2.86. The first-order valence-electron chi connectivity index (χ1n) is 11.5. The smallest absolute Gasteiger partial charge is 0.254 e. The molecule has 1 N–H and O–H groups in total. The van der Waals surface area contributed by atoms with E-state index in [-0.39, 0.29) is 36.7 Å². The summed E-state index contributed by atoms with van der Waals surface area (Å²) in [6, 6.07) is 24.7. The fourth-order valence-corrected chi connectivity index (χ4v) is 4.39. The van der Waals surface area contributed by atoms with Gasteiger partial charge in [0.25, 0.3) is 5.91 Å². The van der Waals surface area contributed by atoms with E-state index in [9.17, 15) is 14.4 Å². The zero-order chi connectivity index (χ0) is 24.1. The van der Waals surface area contributed by atoms with E-state index in [1.165, 1.54) is 10.5 Å². The number of carbonyl (C=O) groups excluding carboxylic acids is 3. The van der Waals surface area contributed by atoms with Gasteiger partial charge >= 0.3 is 0 Å². The van der Waals surface area contributed by atoms with Crippen molar-refractivity contribution in [2.45, 2.75) is 32.2 Å². The molecule has 34 heavy (non-hydrogen) atoms. The third-order valence-electron chi connectivity index (χ3n) is 6.12. The Kier molecular flexibility index (Phi) is 7.07. The van der Waals surface area contributed by atoms with Crippen LogP contribution >= 0.6 is 0 Å². The standard InChI is InChI=1S/C28H29N3O3/c1-20-18-26(32)29-24-14-8-9-15-25(24)31(20)27(33)19-30(2)28(34)23-13-7-6-12-22(23)17-16-21-10-4-3-5-11-21/h3-15,20H,16-19H2,1-2H3,(H,29,32). The first-order valence-corrected chi connectivity index (χ1v) is 11.5. The summed E-state index contributed by atoms with van der Waals surface area (Å²) in [6.45, 7) is 1.76. The molecule has 6 heteroatoms. The highest BCUT2D eigenvalue weighted by Gasteiger charge is 2.31. The molecule has 0 bridgehead atoms. The second-order valence-corrected chi connectivity index (χ2v) is 8.69. The molecule has 0 saturated carbocycles. The Bertz CT molecular complexity index is 1190. The summed E-state index contributed by atoms with van der Waals surface area (Å²) in [7, 11) is 1.64. The van der Waals surface area contributed by atoms with Crippen LogP contribution in [0, 0.1) is 0 Å². The van der Waals surface area contributed by atoms with Crippen molar-refractivity contribution in [3.63, 3.8) is 0 Å². The lowest BCUT2D eigenvalue weighted by Gasteiger charge is -2.30. The second kappa shape index (κ2) is 10.3. The lowest BCUT2D eigenvalue weighted by atomic mass is 9.99. The van der Waals surface area contributed by atoms with Gasteiger partial charge in [0.1, 0.15) is 6.54 Å². The molecule has 0 aliphatic carbocycles. The van der Waals surface area contributed by atoms with Crippen LogP contribution in [-0.2, 0) is 22.4 Å². The Labute approximate surface area is 200 Å². The Balaban J connectivity index is 1.50. The monoisotopic (exact) mass is 455 g/mol. The molecule has 0 saturated heterocycles. The second-order valence-electron chi connectivity index (χ2n) is 8.69. The summed E-state index contributed by atoms with van der Waals surface area (Å²) < 4.78 is 0. The molecule has 3 aromatic rings. The highest BCUT2D eigenvalue weighted by atomic mass is 16.2. The van der Waals surface area contributed by atoms with Crippen LogP contribution in [-0.4, -0.2) is 42.3 Å². The number of benzene rings is 3.